The molecule has 1 N–H and O–H groups in total. The van der Waals surface area contributed by atoms with Crippen LogP contribution in [0.2, 0.25) is 0 Å². The number of fused-ring (bicyclic) bond motifs is 1. The lowest BCUT2D eigenvalue weighted by Crippen LogP contribution is -2.38. The molecule has 1 aromatic heterocycles. The van der Waals surface area contributed by atoms with Gasteiger partial charge in [0, 0.05) is 24.7 Å². The molecular formula is C43H46N3O8P. The van der Waals surface area contributed by atoms with Gasteiger partial charge in [-0.05, 0) is 73.2 Å². The zero-order chi connectivity index (χ0) is 38.2. The van der Waals surface area contributed by atoms with Gasteiger partial charge in [-0.2, -0.15) is 0 Å². The highest BCUT2D eigenvalue weighted by Crippen LogP contribution is 2.64. The van der Waals surface area contributed by atoms with Gasteiger partial charge in [0.15, 0.2) is 0 Å². The number of methoxy groups -OCH3 is 2. The molecule has 2 unspecified atom stereocenters. The van der Waals surface area contributed by atoms with Crippen molar-refractivity contribution in [3.63, 3.8) is 0 Å². The highest BCUT2D eigenvalue weighted by atomic mass is 31.2. The maximum Gasteiger partial charge on any atom is 0.330 e. The Morgan fingerprint density at radius 1 is 0.855 bits per heavy atom. The van der Waals surface area contributed by atoms with Gasteiger partial charge in [-0.25, -0.2) is 9.46 Å². The standard InChI is InChI=1S/C43H46N3O8P/c1-29-27-45(41(48)44-40(29)47)39-26-36(53-55-46-25-11-16-38(46)42(2,54-55)30-12-7-5-8-13-30)37(52-39)28-51-43(31-14-9-6-10-15-31,32-17-21-34(49-3)22-18-32)33-19-23-35(50-4)24-20-33/h5-10,12-15,17-24,27,36-39H,11,16,25-26,28H2,1-4H3,(H,44,47,48)/t36-,37+,38?,39+,42+,55?/m0/s1. The summed E-state index contributed by atoms with van der Waals surface area (Å²) in [6, 6.07) is 36.3. The van der Waals surface area contributed by atoms with Crippen molar-refractivity contribution >= 4 is 8.53 Å². The molecule has 6 atom stereocenters. The zero-order valence-electron chi connectivity index (χ0n) is 31.4. The quantitative estimate of drug-likeness (QED) is 0.104. The monoisotopic (exact) mass is 763 g/mol. The number of nitrogens with zero attached hydrogens (tertiary/aromatic N) is 2. The molecule has 5 aromatic rings. The first-order valence-electron chi connectivity index (χ1n) is 18.7. The summed E-state index contributed by atoms with van der Waals surface area (Å²) < 4.78 is 42.9. The lowest BCUT2D eigenvalue weighted by atomic mass is 9.80. The predicted octanol–water partition coefficient (Wildman–Crippen LogP) is 7.18. The van der Waals surface area contributed by atoms with E-state index in [1.807, 2.05) is 84.9 Å². The van der Waals surface area contributed by atoms with Crippen molar-refractivity contribution in [2.45, 2.75) is 68.8 Å². The second kappa shape index (κ2) is 15.5. The Morgan fingerprint density at radius 2 is 1.45 bits per heavy atom. The second-order valence-electron chi connectivity index (χ2n) is 14.4. The molecule has 3 aliphatic heterocycles. The highest BCUT2D eigenvalue weighted by Gasteiger charge is 2.56. The van der Waals surface area contributed by atoms with E-state index in [0.717, 1.165) is 53.1 Å². The first-order valence-corrected chi connectivity index (χ1v) is 19.8. The van der Waals surface area contributed by atoms with Crippen LogP contribution in [-0.4, -0.2) is 59.8 Å². The minimum atomic E-state index is -1.50. The molecule has 3 fully saturated rings. The van der Waals surface area contributed by atoms with Crippen LogP contribution in [0.4, 0.5) is 0 Å². The van der Waals surface area contributed by atoms with E-state index >= 15 is 0 Å². The SMILES string of the molecule is COc1ccc(C(OC[C@H]2O[C@@H](n3cc(C)c(=O)[nH]c3=O)C[C@@H]2OP2O[C@](C)(c3ccccc3)C3CCCN32)(c2ccccc2)c2ccc(OC)cc2)cc1. The molecule has 0 saturated carbocycles. The molecule has 0 spiro atoms. The normalized spacial score (nSPS) is 25.2. The van der Waals surface area contributed by atoms with E-state index in [-0.39, 0.29) is 12.6 Å². The maximum absolute atomic E-state index is 13.2. The number of nitrogens with one attached hydrogen (secondary N) is 1. The van der Waals surface area contributed by atoms with Crippen LogP contribution in [0.1, 0.15) is 60.2 Å². The van der Waals surface area contributed by atoms with Crippen molar-refractivity contribution in [1.29, 1.82) is 0 Å². The van der Waals surface area contributed by atoms with Crippen molar-refractivity contribution in [2.24, 2.45) is 0 Å². The fourth-order valence-corrected chi connectivity index (χ4v) is 10.4. The van der Waals surface area contributed by atoms with Crippen molar-refractivity contribution in [2.75, 3.05) is 27.4 Å². The number of hydrogen-bond acceptors (Lipinski definition) is 9. The summed E-state index contributed by atoms with van der Waals surface area (Å²) >= 11 is 0. The summed E-state index contributed by atoms with van der Waals surface area (Å²) in [4.78, 5) is 28.0. The third-order valence-corrected chi connectivity index (χ3v) is 13.1. The Morgan fingerprint density at radius 3 is 2.07 bits per heavy atom. The summed E-state index contributed by atoms with van der Waals surface area (Å²) in [5, 5.41) is 0. The number of H-pyrrole nitrogens is 1. The minimum absolute atomic E-state index is 0.0910. The Bertz CT molecular complexity index is 2150. The molecule has 0 amide bonds. The van der Waals surface area contributed by atoms with Gasteiger partial charge in [0.1, 0.15) is 35.0 Å². The number of hydrogen-bond donors (Lipinski definition) is 1. The molecule has 8 rings (SSSR count). The van der Waals surface area contributed by atoms with Gasteiger partial charge >= 0.3 is 5.69 Å². The summed E-state index contributed by atoms with van der Waals surface area (Å²) in [6.45, 7) is 4.78. The molecule has 11 nitrogen and oxygen atoms in total. The zero-order valence-corrected chi connectivity index (χ0v) is 32.3. The fourth-order valence-electron chi connectivity index (χ4n) is 8.21. The molecule has 0 radical (unpaired) electrons. The number of ether oxygens (including phenoxy) is 4. The minimum Gasteiger partial charge on any atom is -0.497 e. The number of aryl methyl sites for hydroxylation is 1. The van der Waals surface area contributed by atoms with Crippen molar-refractivity contribution in [3.8, 4) is 11.5 Å². The van der Waals surface area contributed by atoms with Gasteiger partial charge in [-0.1, -0.05) is 84.9 Å². The van der Waals surface area contributed by atoms with Gasteiger partial charge in [-0.3, -0.25) is 14.3 Å². The Hall–Kier alpha value is -4.61. The molecule has 4 heterocycles. The van der Waals surface area contributed by atoms with Gasteiger partial charge in [-0.15, -0.1) is 0 Å². The molecule has 55 heavy (non-hydrogen) atoms. The molecule has 3 aliphatic rings. The van der Waals surface area contributed by atoms with Crippen LogP contribution in [-0.2, 0) is 29.7 Å². The fraction of sp³-hybridized carbons (Fsp3) is 0.349. The van der Waals surface area contributed by atoms with Crippen LogP contribution in [0.5, 0.6) is 11.5 Å². The average Bonchev–Trinajstić information content (AvgIpc) is 3.94. The van der Waals surface area contributed by atoms with Gasteiger partial charge in [0.2, 0.25) is 0 Å². The highest BCUT2D eigenvalue weighted by molar-refractivity contribution is 7.45. The second-order valence-corrected chi connectivity index (χ2v) is 15.8. The van der Waals surface area contributed by atoms with Gasteiger partial charge in [0.05, 0.1) is 33.0 Å². The summed E-state index contributed by atoms with van der Waals surface area (Å²) in [5.41, 5.74) is 1.57. The van der Waals surface area contributed by atoms with Crippen molar-refractivity contribution < 1.29 is 28.0 Å². The Labute approximate surface area is 321 Å². The number of benzene rings is 4. The predicted molar refractivity (Wildman–Crippen MR) is 209 cm³/mol. The Balaban J connectivity index is 1.18. The van der Waals surface area contributed by atoms with Crippen LogP contribution in [0.25, 0.3) is 0 Å². The van der Waals surface area contributed by atoms with E-state index in [4.69, 9.17) is 28.0 Å². The van der Waals surface area contributed by atoms with Gasteiger partial charge < -0.3 is 28.0 Å². The molecule has 0 bridgehead atoms. The van der Waals surface area contributed by atoms with E-state index in [1.165, 1.54) is 4.57 Å². The largest absolute Gasteiger partial charge is 0.497 e. The summed E-state index contributed by atoms with van der Waals surface area (Å²) in [5.74, 6) is 1.44. The lowest BCUT2D eigenvalue weighted by molar-refractivity contribution is -0.0923. The van der Waals surface area contributed by atoms with E-state index in [9.17, 15) is 9.59 Å². The smallest absolute Gasteiger partial charge is 0.330 e. The number of aromatic amines is 1. The molecule has 4 aromatic carbocycles. The lowest BCUT2D eigenvalue weighted by Gasteiger charge is -2.37. The first-order chi connectivity index (χ1) is 26.7. The molecule has 0 aliphatic carbocycles. The number of aromatic nitrogens is 2. The maximum atomic E-state index is 13.2. The van der Waals surface area contributed by atoms with Crippen LogP contribution < -0.4 is 20.7 Å². The molecule has 12 heteroatoms. The number of rotatable bonds is 12. The topological polar surface area (TPSA) is 113 Å². The summed E-state index contributed by atoms with van der Waals surface area (Å²) in [7, 11) is 1.79. The van der Waals surface area contributed by atoms with Crippen LogP contribution in [0.15, 0.2) is 125 Å². The summed E-state index contributed by atoms with van der Waals surface area (Å²) in [6.07, 6.45) is 2.07. The van der Waals surface area contributed by atoms with E-state index in [2.05, 4.69) is 40.8 Å². The Kier molecular flexibility index (Phi) is 10.5. The van der Waals surface area contributed by atoms with E-state index in [1.54, 1.807) is 27.3 Å². The molecule has 3 saturated heterocycles. The van der Waals surface area contributed by atoms with Crippen molar-refractivity contribution in [1.82, 2.24) is 14.2 Å². The molecular weight excluding hydrogens is 717 g/mol. The van der Waals surface area contributed by atoms with Crippen molar-refractivity contribution in [3.05, 3.63) is 164 Å². The van der Waals surface area contributed by atoms with Crippen LogP contribution in [0.3, 0.4) is 0 Å². The molecule has 286 valence electrons. The third-order valence-electron chi connectivity index (χ3n) is 11.2. The van der Waals surface area contributed by atoms with Gasteiger partial charge in [0.25, 0.3) is 14.1 Å². The van der Waals surface area contributed by atoms with Crippen LogP contribution >= 0.6 is 8.53 Å². The average molecular weight is 764 g/mol. The van der Waals surface area contributed by atoms with E-state index in [0.29, 0.717) is 12.0 Å². The van der Waals surface area contributed by atoms with Crippen LogP contribution in [0, 0.1) is 6.92 Å². The van der Waals surface area contributed by atoms with E-state index < -0.39 is 49.4 Å². The first kappa shape index (κ1) is 37.3. The third kappa shape index (κ3) is 6.94.